The summed E-state index contributed by atoms with van der Waals surface area (Å²) in [5, 5.41) is 12.1. The number of amides is 4. The van der Waals surface area contributed by atoms with Crippen LogP contribution in [0.1, 0.15) is 80.0 Å². The summed E-state index contributed by atoms with van der Waals surface area (Å²) < 4.78 is 0. The number of rotatable bonds is 25. The van der Waals surface area contributed by atoms with Gasteiger partial charge >= 0.3 is 0 Å². The van der Waals surface area contributed by atoms with Gasteiger partial charge in [0.05, 0.1) is 44.1 Å². The van der Waals surface area contributed by atoms with Gasteiger partial charge in [0.15, 0.2) is 0 Å². The Labute approximate surface area is 521 Å². The molecule has 8 aromatic carbocycles. The molecule has 0 radical (unpaired) electrons. The van der Waals surface area contributed by atoms with Crippen LogP contribution in [0.5, 0.6) is 0 Å². The second-order valence-corrected chi connectivity index (χ2v) is 23.3. The molecule has 0 aliphatic heterocycles. The van der Waals surface area contributed by atoms with Gasteiger partial charge in [0.1, 0.15) is 23.3 Å². The monoisotopic (exact) mass is 1200 g/mol. The quantitative estimate of drug-likeness (QED) is 0.0252. The molecule has 0 spiro atoms. The molecule has 0 fully saturated rings. The zero-order chi connectivity index (χ0) is 62.1. The Hall–Kier alpha value is -10.6. The average molecular weight is 1200 g/mol. The highest BCUT2D eigenvalue weighted by Crippen LogP contribution is 2.32. The van der Waals surface area contributed by atoms with Crippen molar-refractivity contribution in [1.82, 2.24) is 70.9 Å². The van der Waals surface area contributed by atoms with Crippen LogP contribution < -0.4 is 21.3 Å². The van der Waals surface area contributed by atoms with Crippen LogP contribution in [-0.4, -0.2) is 141 Å². The lowest BCUT2D eigenvalue weighted by molar-refractivity contribution is 0.0942. The third-order valence-electron chi connectivity index (χ3n) is 16.1. The number of carbonyl (C=O) groups excluding carboxylic acids is 4. The van der Waals surface area contributed by atoms with E-state index in [-0.39, 0.29) is 23.6 Å². The summed E-state index contributed by atoms with van der Waals surface area (Å²) in [5.74, 6) is 2.52. The van der Waals surface area contributed by atoms with E-state index in [0.29, 0.717) is 48.4 Å². The Bertz CT molecular complexity index is 4230. The first-order chi connectivity index (χ1) is 43.8. The molecule has 12 rings (SSSR count). The van der Waals surface area contributed by atoms with E-state index >= 15 is 0 Å². The van der Waals surface area contributed by atoms with Gasteiger partial charge in [-0.05, 0) is 160 Å². The van der Waals surface area contributed by atoms with Gasteiger partial charge in [-0.25, -0.2) is 19.9 Å². The molecule has 18 heteroatoms. The summed E-state index contributed by atoms with van der Waals surface area (Å²) in [6.45, 7) is 3.92. The van der Waals surface area contributed by atoms with Crippen molar-refractivity contribution in [2.24, 2.45) is 0 Å². The normalized spacial score (nSPS) is 11.6. The largest absolute Gasteiger partial charge is 0.352 e. The highest BCUT2D eigenvalue weighted by atomic mass is 16.2. The van der Waals surface area contributed by atoms with Crippen LogP contribution in [-0.2, 0) is 0 Å². The summed E-state index contributed by atoms with van der Waals surface area (Å²) >= 11 is 0. The summed E-state index contributed by atoms with van der Waals surface area (Å²) in [6.07, 6.45) is 5.91. The minimum absolute atomic E-state index is 0.0972. The van der Waals surface area contributed by atoms with Crippen LogP contribution in [0.4, 0.5) is 0 Å². The third kappa shape index (κ3) is 14.2. The molecule has 4 aromatic heterocycles. The van der Waals surface area contributed by atoms with Crippen molar-refractivity contribution < 1.29 is 19.2 Å². The Kier molecular flexibility index (Phi) is 18.1. The number of nitrogens with one attached hydrogen (secondary N) is 8. The number of hydrogen-bond acceptors (Lipinski definition) is 10. The van der Waals surface area contributed by atoms with Crippen molar-refractivity contribution in [3.05, 3.63) is 192 Å². The standard InChI is InChI=1S/C72H72N14O4/c1-85(2)39-37-75-71(89)51-23-15-47(16-24-51)67-79-59-33-29-55(43-63(59)83-67)53-27-31-57-61(41-53)81-65(77-57)45-11-19-49(20-12-45)69(87)73-35-9-7-5-6-8-10-36-74-70(88)50-21-13-46(14-22-50)66-78-58-32-28-54(42-62(58)82-66)56-30-34-60-64(44-56)84-68(80-60)48-17-25-52(26-18-48)72(90)76-38-40-86(3)4/h11-34,41-44H,5-10,35-40H2,1-4H3,(H,73,87)(H,74,88)(H,75,89)(H,76,90)(H,77,81)(H,78,82)(H,79,83)(H,80,84). The molecule has 0 atom stereocenters. The minimum atomic E-state index is -0.100. The van der Waals surface area contributed by atoms with Gasteiger partial charge in [-0.1, -0.05) is 98.5 Å². The summed E-state index contributed by atoms with van der Waals surface area (Å²) in [7, 11) is 7.90. The van der Waals surface area contributed by atoms with Crippen molar-refractivity contribution in [3.8, 4) is 67.8 Å². The molecule has 0 saturated heterocycles. The highest BCUT2D eigenvalue weighted by Gasteiger charge is 2.16. The number of nitrogens with zero attached hydrogens (tertiary/aromatic N) is 6. The number of likely N-dealkylation sites (N-methyl/N-ethyl adjacent to an activating group) is 2. The van der Waals surface area contributed by atoms with Crippen molar-refractivity contribution in [2.45, 2.75) is 38.5 Å². The van der Waals surface area contributed by atoms with Crippen molar-refractivity contribution >= 4 is 67.8 Å². The molecule has 0 saturated carbocycles. The lowest BCUT2D eigenvalue weighted by atomic mass is 10.0. The van der Waals surface area contributed by atoms with E-state index in [1.54, 1.807) is 0 Å². The predicted octanol–water partition coefficient (Wildman–Crippen LogP) is 12.3. The van der Waals surface area contributed by atoms with Crippen LogP contribution in [0.15, 0.2) is 170 Å². The van der Waals surface area contributed by atoms with Gasteiger partial charge in [-0.15, -0.1) is 0 Å². The van der Waals surface area contributed by atoms with E-state index in [9.17, 15) is 19.2 Å². The SMILES string of the molecule is CN(C)CCNC(=O)c1ccc(-c2nc3cc(-c4ccc5[nH]c(-c6ccc(C(=O)NCCCCCCCCNC(=O)c7ccc(-c8nc9cc(-c%10ccc%11[nH]c(-c%12ccc(C(=O)NCCN(C)C)cc%12)nc%11c%10)ccc9[nH]8)cc7)cc6)nc5c4)ccc3[nH]2)cc1. The lowest BCUT2D eigenvalue weighted by Gasteiger charge is -2.10. The first-order valence-electron chi connectivity index (χ1n) is 30.7. The number of benzene rings is 8. The maximum atomic E-state index is 13.1. The molecule has 8 N–H and O–H groups in total. The van der Waals surface area contributed by atoms with Crippen LogP contribution in [0, 0.1) is 0 Å². The summed E-state index contributed by atoms with van der Waals surface area (Å²) in [6, 6.07) is 54.7. The van der Waals surface area contributed by atoms with Gasteiger partial charge in [0.2, 0.25) is 0 Å². The molecular weight excluding hydrogens is 1120 g/mol. The number of unbranched alkanes of at least 4 members (excludes halogenated alkanes) is 5. The Balaban J connectivity index is 0.544. The number of imidazole rings is 4. The molecule has 4 amide bonds. The van der Waals surface area contributed by atoms with Crippen LogP contribution in [0.2, 0.25) is 0 Å². The predicted molar refractivity (Wildman–Crippen MR) is 358 cm³/mol. The highest BCUT2D eigenvalue weighted by molar-refractivity contribution is 5.98. The summed E-state index contributed by atoms with van der Waals surface area (Å²) in [4.78, 5) is 88.7. The fourth-order valence-electron chi connectivity index (χ4n) is 11.0. The molecule has 454 valence electrons. The number of carbonyl (C=O) groups is 4. The smallest absolute Gasteiger partial charge is 0.251 e. The topological polar surface area (TPSA) is 238 Å². The first-order valence-corrected chi connectivity index (χ1v) is 30.7. The second-order valence-electron chi connectivity index (χ2n) is 23.3. The number of aromatic amines is 4. The van der Waals surface area contributed by atoms with E-state index in [1.165, 1.54) is 0 Å². The molecule has 0 bridgehead atoms. The van der Waals surface area contributed by atoms with E-state index in [4.69, 9.17) is 19.9 Å². The Morgan fingerprint density at radius 1 is 0.300 bits per heavy atom. The molecular formula is C72H72N14O4. The van der Waals surface area contributed by atoms with Crippen molar-refractivity contribution in [1.29, 1.82) is 0 Å². The van der Waals surface area contributed by atoms with Gasteiger partial charge < -0.3 is 51.0 Å². The van der Waals surface area contributed by atoms with Crippen molar-refractivity contribution in [2.75, 3.05) is 67.5 Å². The van der Waals surface area contributed by atoms with Crippen molar-refractivity contribution in [3.63, 3.8) is 0 Å². The maximum Gasteiger partial charge on any atom is 0.251 e. The molecule has 0 unspecified atom stereocenters. The number of hydrogen-bond donors (Lipinski definition) is 8. The van der Waals surface area contributed by atoms with Crippen LogP contribution in [0.25, 0.3) is 112 Å². The summed E-state index contributed by atoms with van der Waals surface area (Å²) in [5.41, 5.74) is 17.0. The molecule has 4 heterocycles. The molecule has 12 aromatic rings. The number of H-pyrrole nitrogens is 4. The van der Waals surface area contributed by atoms with E-state index in [0.717, 1.165) is 164 Å². The van der Waals surface area contributed by atoms with Gasteiger partial charge in [0, 0.05) is 83.8 Å². The molecule has 0 aliphatic carbocycles. The molecule has 18 nitrogen and oxygen atoms in total. The molecule has 90 heavy (non-hydrogen) atoms. The Morgan fingerprint density at radius 3 is 0.767 bits per heavy atom. The molecule has 0 aliphatic rings. The van der Waals surface area contributed by atoms with E-state index in [2.05, 4.69) is 89.7 Å². The van der Waals surface area contributed by atoms with E-state index in [1.807, 2.05) is 159 Å². The average Bonchev–Trinajstić information content (AvgIpc) is 2.01. The lowest BCUT2D eigenvalue weighted by Crippen LogP contribution is -2.31. The number of aromatic nitrogens is 8. The van der Waals surface area contributed by atoms with Gasteiger partial charge in [-0.2, -0.15) is 0 Å². The third-order valence-corrected chi connectivity index (χ3v) is 16.1. The fraction of sp³-hybridized carbons (Fsp3) is 0.222. The van der Waals surface area contributed by atoms with Gasteiger partial charge in [0.25, 0.3) is 23.6 Å². The van der Waals surface area contributed by atoms with Crippen LogP contribution in [0.3, 0.4) is 0 Å². The van der Waals surface area contributed by atoms with Gasteiger partial charge in [-0.3, -0.25) is 19.2 Å². The second kappa shape index (κ2) is 27.2. The fourth-order valence-corrected chi connectivity index (χ4v) is 11.0. The minimum Gasteiger partial charge on any atom is -0.352 e. The van der Waals surface area contributed by atoms with Crippen LogP contribution >= 0.6 is 0 Å². The maximum absolute atomic E-state index is 13.1. The zero-order valence-corrected chi connectivity index (χ0v) is 51.0. The van der Waals surface area contributed by atoms with E-state index < -0.39 is 0 Å². The zero-order valence-electron chi connectivity index (χ0n) is 51.0. The number of fused-ring (bicyclic) bond motifs is 4. The Morgan fingerprint density at radius 2 is 0.522 bits per heavy atom. The first kappa shape index (κ1) is 59.8.